The number of hydrogen-bond acceptors (Lipinski definition) is 1. The molecule has 1 aromatic carbocycles. The van der Waals surface area contributed by atoms with Gasteiger partial charge in [0, 0.05) is 5.02 Å². The normalized spacial score (nSPS) is 12.9. The van der Waals surface area contributed by atoms with E-state index in [4.69, 9.17) is 17.3 Å². The summed E-state index contributed by atoms with van der Waals surface area (Å²) in [5, 5.41) is 0.853. The fourth-order valence-corrected chi connectivity index (χ4v) is 1.96. The Morgan fingerprint density at radius 1 is 1.29 bits per heavy atom. The van der Waals surface area contributed by atoms with E-state index in [1.807, 2.05) is 13.0 Å². The molecule has 1 atom stereocenters. The number of rotatable bonds is 3. The molecule has 0 aliphatic rings. The van der Waals surface area contributed by atoms with Crippen LogP contribution in [0.15, 0.2) is 12.1 Å². The van der Waals surface area contributed by atoms with Crippen LogP contribution >= 0.6 is 11.6 Å². The highest BCUT2D eigenvalue weighted by Gasteiger charge is 2.09. The van der Waals surface area contributed by atoms with Crippen molar-refractivity contribution in [3.8, 4) is 0 Å². The maximum absolute atomic E-state index is 6.04. The van der Waals surface area contributed by atoms with Gasteiger partial charge in [0.25, 0.3) is 0 Å². The molecule has 1 nitrogen and oxygen atoms in total. The molecular weight excluding hydrogens is 194 g/mol. The predicted octanol–water partition coefficient (Wildman–Crippen LogP) is 3.41. The van der Waals surface area contributed by atoms with E-state index in [9.17, 15) is 0 Å². The first-order valence-electron chi connectivity index (χ1n) is 5.03. The lowest BCUT2D eigenvalue weighted by Crippen LogP contribution is -2.06. The van der Waals surface area contributed by atoms with Crippen molar-refractivity contribution >= 4 is 11.6 Å². The summed E-state index contributed by atoms with van der Waals surface area (Å²) in [6, 6.07) is 4.22. The third-order valence-corrected chi connectivity index (χ3v) is 3.09. The number of hydrogen-bond donors (Lipinski definition) is 1. The Labute approximate surface area is 91.3 Å². The molecule has 0 fully saturated rings. The minimum absolute atomic E-state index is 0.524. The van der Waals surface area contributed by atoms with Crippen LogP contribution in [0.25, 0.3) is 0 Å². The second kappa shape index (κ2) is 4.81. The van der Waals surface area contributed by atoms with Gasteiger partial charge in [-0.1, -0.05) is 24.6 Å². The zero-order valence-corrected chi connectivity index (χ0v) is 9.86. The summed E-state index contributed by atoms with van der Waals surface area (Å²) in [6.07, 6.45) is 1.03. The van der Waals surface area contributed by atoms with Gasteiger partial charge in [0.05, 0.1) is 0 Å². The molecule has 0 amide bonds. The number of halogens is 1. The highest BCUT2D eigenvalue weighted by molar-refractivity contribution is 6.31. The van der Waals surface area contributed by atoms with Crippen LogP contribution in [0, 0.1) is 13.8 Å². The lowest BCUT2D eigenvalue weighted by atomic mass is 9.92. The summed E-state index contributed by atoms with van der Waals surface area (Å²) in [4.78, 5) is 0. The summed E-state index contributed by atoms with van der Waals surface area (Å²) in [5.74, 6) is 0.524. The fourth-order valence-electron chi connectivity index (χ4n) is 1.74. The fraction of sp³-hybridized carbons (Fsp3) is 0.500. The molecule has 0 aromatic heterocycles. The van der Waals surface area contributed by atoms with E-state index >= 15 is 0 Å². The second-order valence-corrected chi connectivity index (χ2v) is 4.34. The minimum atomic E-state index is 0.524. The van der Waals surface area contributed by atoms with Gasteiger partial charge in [-0.2, -0.15) is 0 Å². The molecule has 0 saturated carbocycles. The Bertz CT molecular complexity index is 320. The zero-order chi connectivity index (χ0) is 10.7. The molecule has 2 N–H and O–H groups in total. The van der Waals surface area contributed by atoms with Crippen molar-refractivity contribution in [3.63, 3.8) is 0 Å². The van der Waals surface area contributed by atoms with Crippen molar-refractivity contribution in [1.29, 1.82) is 0 Å². The maximum atomic E-state index is 6.04. The molecule has 14 heavy (non-hydrogen) atoms. The summed E-state index contributed by atoms with van der Waals surface area (Å²) in [6.45, 7) is 7.10. The Morgan fingerprint density at radius 3 is 2.50 bits per heavy atom. The van der Waals surface area contributed by atoms with Gasteiger partial charge in [-0.05, 0) is 55.5 Å². The number of nitrogens with two attached hydrogens (primary N) is 1. The monoisotopic (exact) mass is 211 g/mol. The molecule has 1 rings (SSSR count). The van der Waals surface area contributed by atoms with Crippen LogP contribution < -0.4 is 5.73 Å². The maximum Gasteiger partial charge on any atom is 0.0438 e. The molecule has 0 spiro atoms. The average Bonchev–Trinajstić information content (AvgIpc) is 2.11. The van der Waals surface area contributed by atoms with E-state index in [0.29, 0.717) is 5.92 Å². The standard InChI is InChI=1S/C12H18ClN/c1-8(4-5-14)11-6-10(3)12(13)7-9(11)2/h6-8H,4-5,14H2,1-3H3. The Balaban J connectivity index is 3.02. The van der Waals surface area contributed by atoms with Gasteiger partial charge < -0.3 is 5.73 Å². The molecule has 1 aromatic rings. The average molecular weight is 212 g/mol. The highest BCUT2D eigenvalue weighted by atomic mass is 35.5. The topological polar surface area (TPSA) is 26.0 Å². The summed E-state index contributed by atoms with van der Waals surface area (Å²) in [7, 11) is 0. The molecule has 1 unspecified atom stereocenters. The molecule has 2 heteroatoms. The molecule has 0 bridgehead atoms. The van der Waals surface area contributed by atoms with Crippen molar-refractivity contribution in [1.82, 2.24) is 0 Å². The predicted molar refractivity (Wildman–Crippen MR) is 63.0 cm³/mol. The van der Waals surface area contributed by atoms with Crippen molar-refractivity contribution in [2.24, 2.45) is 5.73 Å². The quantitative estimate of drug-likeness (QED) is 0.815. The van der Waals surface area contributed by atoms with Crippen molar-refractivity contribution in [2.45, 2.75) is 33.1 Å². The summed E-state index contributed by atoms with van der Waals surface area (Å²) < 4.78 is 0. The van der Waals surface area contributed by atoms with E-state index in [0.717, 1.165) is 23.6 Å². The summed E-state index contributed by atoms with van der Waals surface area (Å²) >= 11 is 6.04. The first kappa shape index (κ1) is 11.5. The molecule has 0 heterocycles. The molecule has 0 aliphatic carbocycles. The smallest absolute Gasteiger partial charge is 0.0438 e. The SMILES string of the molecule is Cc1cc(C(C)CCN)c(C)cc1Cl. The van der Waals surface area contributed by atoms with Gasteiger partial charge in [-0.3, -0.25) is 0 Å². The van der Waals surface area contributed by atoms with Gasteiger partial charge in [0.1, 0.15) is 0 Å². The van der Waals surface area contributed by atoms with Crippen molar-refractivity contribution in [3.05, 3.63) is 33.8 Å². The first-order chi connectivity index (χ1) is 6.56. The molecule has 0 radical (unpaired) electrons. The third-order valence-electron chi connectivity index (χ3n) is 2.68. The van der Waals surface area contributed by atoms with E-state index in [1.54, 1.807) is 0 Å². The number of benzene rings is 1. The molecular formula is C12H18ClN. The van der Waals surface area contributed by atoms with E-state index in [1.165, 1.54) is 11.1 Å². The van der Waals surface area contributed by atoms with Gasteiger partial charge in [0.2, 0.25) is 0 Å². The van der Waals surface area contributed by atoms with E-state index < -0.39 is 0 Å². The van der Waals surface area contributed by atoms with Crippen LogP contribution in [0.3, 0.4) is 0 Å². The van der Waals surface area contributed by atoms with Crippen LogP contribution in [0.4, 0.5) is 0 Å². The molecule has 0 aliphatic heterocycles. The Morgan fingerprint density at radius 2 is 1.93 bits per heavy atom. The van der Waals surface area contributed by atoms with Crippen molar-refractivity contribution in [2.75, 3.05) is 6.54 Å². The van der Waals surface area contributed by atoms with E-state index in [2.05, 4.69) is 19.9 Å². The Hall–Kier alpha value is -0.530. The third kappa shape index (κ3) is 2.49. The second-order valence-electron chi connectivity index (χ2n) is 3.94. The van der Waals surface area contributed by atoms with Crippen LogP contribution in [-0.4, -0.2) is 6.54 Å². The lowest BCUT2D eigenvalue weighted by Gasteiger charge is -2.15. The van der Waals surface area contributed by atoms with Crippen LogP contribution in [-0.2, 0) is 0 Å². The van der Waals surface area contributed by atoms with Crippen molar-refractivity contribution < 1.29 is 0 Å². The molecule has 0 saturated heterocycles. The molecule has 78 valence electrons. The van der Waals surface area contributed by atoms with E-state index in [-0.39, 0.29) is 0 Å². The minimum Gasteiger partial charge on any atom is -0.330 e. The first-order valence-corrected chi connectivity index (χ1v) is 5.40. The van der Waals surface area contributed by atoms with Gasteiger partial charge in [0.15, 0.2) is 0 Å². The lowest BCUT2D eigenvalue weighted by molar-refractivity contribution is 0.685. The van der Waals surface area contributed by atoms with Gasteiger partial charge in [-0.25, -0.2) is 0 Å². The van der Waals surface area contributed by atoms with Gasteiger partial charge in [-0.15, -0.1) is 0 Å². The van der Waals surface area contributed by atoms with Crippen LogP contribution in [0.1, 0.15) is 36.0 Å². The Kier molecular flexibility index (Phi) is 3.97. The zero-order valence-electron chi connectivity index (χ0n) is 9.10. The largest absolute Gasteiger partial charge is 0.330 e. The van der Waals surface area contributed by atoms with Gasteiger partial charge >= 0.3 is 0 Å². The van der Waals surface area contributed by atoms with Crippen LogP contribution in [0.5, 0.6) is 0 Å². The summed E-state index contributed by atoms with van der Waals surface area (Å²) in [5.41, 5.74) is 9.35. The number of aryl methyl sites for hydroxylation is 2. The highest BCUT2D eigenvalue weighted by Crippen LogP contribution is 2.27. The van der Waals surface area contributed by atoms with Crippen LogP contribution in [0.2, 0.25) is 5.02 Å².